The number of halogens is 1. The molecular formula is C16H18ClN3O5S. The van der Waals surface area contributed by atoms with E-state index in [9.17, 15) is 13.2 Å². The number of ether oxygens (including phenoxy) is 2. The van der Waals surface area contributed by atoms with E-state index in [1.54, 1.807) is 20.0 Å². The van der Waals surface area contributed by atoms with Gasteiger partial charge in [0.05, 0.1) is 10.6 Å². The van der Waals surface area contributed by atoms with Crippen molar-refractivity contribution in [1.29, 1.82) is 0 Å². The van der Waals surface area contributed by atoms with Crippen molar-refractivity contribution in [2.45, 2.75) is 11.8 Å². The van der Waals surface area contributed by atoms with Gasteiger partial charge in [-0.1, -0.05) is 11.6 Å². The molecule has 1 aromatic carbocycles. The molecule has 8 nitrogen and oxygen atoms in total. The first-order chi connectivity index (χ1) is 12.2. The van der Waals surface area contributed by atoms with E-state index in [1.807, 2.05) is 0 Å². The Hall–Kier alpha value is -2.36. The number of primary sulfonamides is 1. The molecule has 0 spiro atoms. The van der Waals surface area contributed by atoms with Crippen LogP contribution in [0.1, 0.15) is 11.3 Å². The van der Waals surface area contributed by atoms with Crippen molar-refractivity contribution in [1.82, 2.24) is 9.78 Å². The first kappa shape index (κ1) is 20.0. The Kier molecular flexibility index (Phi) is 6.41. The van der Waals surface area contributed by atoms with Gasteiger partial charge in [0.1, 0.15) is 24.1 Å². The van der Waals surface area contributed by atoms with Crippen LogP contribution in [0.3, 0.4) is 0 Å². The Bertz CT molecular complexity index is 920. The van der Waals surface area contributed by atoms with Crippen molar-refractivity contribution in [2.75, 3.05) is 13.2 Å². The summed E-state index contributed by atoms with van der Waals surface area (Å²) in [6, 6.07) is 5.60. The lowest BCUT2D eigenvalue weighted by atomic mass is 10.2. The standard InChI is InChI=1S/C16H18ClN3O5S/c1-11-14(16(17)20(2)19-11)7-8-15(21)25-10-9-24-12-3-5-13(6-4-12)26(18,22)23/h3-8H,9-10H2,1-2H3,(H2,18,22,23)/b8-7-. The number of esters is 1. The summed E-state index contributed by atoms with van der Waals surface area (Å²) < 4.78 is 34.2. The van der Waals surface area contributed by atoms with Gasteiger partial charge in [0, 0.05) is 18.7 Å². The number of carbonyl (C=O) groups excluding carboxylic acids is 1. The van der Waals surface area contributed by atoms with Crippen molar-refractivity contribution in [3.05, 3.63) is 46.8 Å². The van der Waals surface area contributed by atoms with Crippen LogP contribution < -0.4 is 9.88 Å². The van der Waals surface area contributed by atoms with Crippen LogP contribution in [0.2, 0.25) is 5.15 Å². The number of aromatic nitrogens is 2. The molecule has 2 N–H and O–H groups in total. The Morgan fingerprint density at radius 2 is 1.96 bits per heavy atom. The van der Waals surface area contributed by atoms with Crippen molar-refractivity contribution in [3.63, 3.8) is 0 Å². The van der Waals surface area contributed by atoms with Crippen molar-refractivity contribution >= 4 is 33.7 Å². The maximum absolute atomic E-state index is 11.7. The van der Waals surface area contributed by atoms with Crippen LogP contribution in [-0.2, 0) is 26.6 Å². The topological polar surface area (TPSA) is 114 Å². The molecule has 0 aliphatic heterocycles. The van der Waals surface area contributed by atoms with Crippen LogP contribution in [0.25, 0.3) is 6.08 Å². The molecule has 0 atom stereocenters. The van der Waals surface area contributed by atoms with E-state index in [0.717, 1.165) is 0 Å². The van der Waals surface area contributed by atoms with E-state index < -0.39 is 16.0 Å². The summed E-state index contributed by atoms with van der Waals surface area (Å²) >= 11 is 6.06. The maximum atomic E-state index is 11.7. The monoisotopic (exact) mass is 399 g/mol. The lowest BCUT2D eigenvalue weighted by molar-refractivity contribution is -0.138. The number of sulfonamides is 1. The second kappa shape index (κ2) is 8.35. The number of rotatable bonds is 7. The van der Waals surface area contributed by atoms with Crippen LogP contribution in [-0.4, -0.2) is 37.4 Å². The second-order valence-corrected chi connectivity index (χ2v) is 7.20. The summed E-state index contributed by atoms with van der Waals surface area (Å²) in [6.45, 7) is 1.92. The Balaban J connectivity index is 1.79. The first-order valence-electron chi connectivity index (χ1n) is 7.48. The summed E-state index contributed by atoms with van der Waals surface area (Å²) in [5.41, 5.74) is 1.35. The van der Waals surface area contributed by atoms with Gasteiger partial charge >= 0.3 is 5.97 Å². The van der Waals surface area contributed by atoms with Crippen LogP contribution in [0.15, 0.2) is 35.2 Å². The third-order valence-electron chi connectivity index (χ3n) is 3.33. The quantitative estimate of drug-likeness (QED) is 0.430. The molecular weight excluding hydrogens is 382 g/mol. The van der Waals surface area contributed by atoms with Gasteiger partial charge in [0.25, 0.3) is 0 Å². The summed E-state index contributed by atoms with van der Waals surface area (Å²) in [5.74, 6) is -0.112. The molecule has 10 heteroatoms. The fourth-order valence-corrected chi connectivity index (χ4v) is 2.82. The van der Waals surface area contributed by atoms with Crippen molar-refractivity contribution < 1.29 is 22.7 Å². The van der Waals surface area contributed by atoms with Gasteiger partial charge in [-0.2, -0.15) is 5.10 Å². The molecule has 0 amide bonds. The summed E-state index contributed by atoms with van der Waals surface area (Å²) in [7, 11) is -2.03. The number of hydrogen-bond acceptors (Lipinski definition) is 6. The van der Waals surface area contributed by atoms with Gasteiger partial charge in [-0.15, -0.1) is 0 Å². The highest BCUT2D eigenvalue weighted by Crippen LogP contribution is 2.20. The molecule has 0 aliphatic rings. The van der Waals surface area contributed by atoms with Crippen LogP contribution >= 0.6 is 11.6 Å². The summed E-state index contributed by atoms with van der Waals surface area (Å²) in [4.78, 5) is 11.7. The number of nitrogens with zero attached hydrogens (tertiary/aromatic N) is 2. The highest BCUT2D eigenvalue weighted by Gasteiger charge is 2.09. The van der Waals surface area contributed by atoms with E-state index in [1.165, 1.54) is 35.0 Å². The molecule has 26 heavy (non-hydrogen) atoms. The number of hydrogen-bond donors (Lipinski definition) is 1. The first-order valence-corrected chi connectivity index (χ1v) is 9.40. The molecule has 2 aromatic rings. The maximum Gasteiger partial charge on any atom is 0.330 e. The van der Waals surface area contributed by atoms with Gasteiger partial charge in [-0.25, -0.2) is 18.4 Å². The van der Waals surface area contributed by atoms with Gasteiger partial charge in [0.2, 0.25) is 10.0 Å². The zero-order valence-electron chi connectivity index (χ0n) is 14.2. The minimum atomic E-state index is -3.74. The molecule has 0 bridgehead atoms. The van der Waals surface area contributed by atoms with E-state index in [-0.39, 0.29) is 18.1 Å². The lowest BCUT2D eigenvalue weighted by Crippen LogP contribution is -2.12. The minimum absolute atomic E-state index is 0.00855. The van der Waals surface area contributed by atoms with E-state index in [2.05, 4.69) is 5.10 Å². The highest BCUT2D eigenvalue weighted by atomic mass is 35.5. The molecule has 140 valence electrons. The third-order valence-corrected chi connectivity index (χ3v) is 4.71. The third kappa shape index (κ3) is 5.32. The minimum Gasteiger partial charge on any atom is -0.490 e. The zero-order chi connectivity index (χ0) is 19.3. The molecule has 1 heterocycles. The molecule has 0 unspecified atom stereocenters. The summed E-state index contributed by atoms with van der Waals surface area (Å²) in [5, 5.41) is 9.57. The van der Waals surface area contributed by atoms with Crippen LogP contribution in [0.4, 0.5) is 0 Å². The molecule has 0 saturated carbocycles. The SMILES string of the molecule is Cc1nn(C)c(Cl)c1/C=C\C(=O)OCCOc1ccc(S(N)(=O)=O)cc1. The van der Waals surface area contributed by atoms with Gasteiger partial charge in [-0.3, -0.25) is 4.68 Å². The average molecular weight is 400 g/mol. The second-order valence-electron chi connectivity index (χ2n) is 5.28. The molecule has 0 radical (unpaired) electrons. The lowest BCUT2D eigenvalue weighted by Gasteiger charge is -2.07. The Morgan fingerprint density at radius 3 is 2.50 bits per heavy atom. The van der Waals surface area contributed by atoms with Gasteiger partial charge < -0.3 is 9.47 Å². The number of aryl methyl sites for hydroxylation is 2. The zero-order valence-corrected chi connectivity index (χ0v) is 15.7. The fraction of sp³-hybridized carbons (Fsp3) is 0.250. The molecule has 0 saturated heterocycles. The van der Waals surface area contributed by atoms with E-state index in [4.69, 9.17) is 26.2 Å². The van der Waals surface area contributed by atoms with Crippen LogP contribution in [0.5, 0.6) is 5.75 Å². The van der Waals surface area contributed by atoms with Gasteiger partial charge in [0.15, 0.2) is 0 Å². The fourth-order valence-electron chi connectivity index (χ4n) is 2.06. The van der Waals surface area contributed by atoms with E-state index in [0.29, 0.717) is 22.2 Å². The molecule has 2 rings (SSSR count). The largest absolute Gasteiger partial charge is 0.490 e. The highest BCUT2D eigenvalue weighted by molar-refractivity contribution is 7.89. The van der Waals surface area contributed by atoms with Gasteiger partial charge in [-0.05, 0) is 37.3 Å². The Labute approximate surface area is 156 Å². The van der Waals surface area contributed by atoms with Crippen LogP contribution in [0, 0.1) is 6.92 Å². The molecule has 0 aliphatic carbocycles. The summed E-state index contributed by atoms with van der Waals surface area (Å²) in [6.07, 6.45) is 2.80. The Morgan fingerprint density at radius 1 is 1.31 bits per heavy atom. The number of carbonyl (C=O) groups is 1. The number of nitrogens with two attached hydrogens (primary N) is 1. The predicted octanol–water partition coefficient (Wildman–Crippen LogP) is 1.66. The average Bonchev–Trinajstić information content (AvgIpc) is 2.82. The normalized spacial score (nSPS) is 11.7. The van der Waals surface area contributed by atoms with Crippen molar-refractivity contribution in [2.24, 2.45) is 12.2 Å². The smallest absolute Gasteiger partial charge is 0.330 e. The number of benzene rings is 1. The molecule has 0 fully saturated rings. The van der Waals surface area contributed by atoms with E-state index >= 15 is 0 Å². The van der Waals surface area contributed by atoms with Crippen molar-refractivity contribution in [3.8, 4) is 5.75 Å². The molecule has 1 aromatic heterocycles. The predicted molar refractivity (Wildman–Crippen MR) is 96.3 cm³/mol.